The molecule has 53 heavy (non-hydrogen) atoms. The van der Waals surface area contributed by atoms with Gasteiger partial charge in [-0.05, 0) is 94.1 Å². The van der Waals surface area contributed by atoms with Gasteiger partial charge in [0.25, 0.3) is 0 Å². The lowest BCUT2D eigenvalue weighted by molar-refractivity contribution is 0.467. The average Bonchev–Trinajstić information content (AvgIpc) is 3.50. The Balaban J connectivity index is 1.26. The van der Waals surface area contributed by atoms with Crippen LogP contribution in [0.15, 0.2) is 197 Å². The van der Waals surface area contributed by atoms with Gasteiger partial charge in [0.05, 0.1) is 0 Å². The van der Waals surface area contributed by atoms with Gasteiger partial charge in [0.1, 0.15) is 32.8 Å². The van der Waals surface area contributed by atoms with Crippen LogP contribution in [-0.4, -0.2) is 16.8 Å². The fourth-order valence-electron chi connectivity index (χ4n) is 6.19. The molecule has 6 aromatic carbocycles. The van der Waals surface area contributed by atoms with Crippen LogP contribution in [0.1, 0.15) is 22.3 Å². The van der Waals surface area contributed by atoms with E-state index in [1.165, 1.54) is 12.1 Å². The maximum absolute atomic E-state index is 13.5. The van der Waals surface area contributed by atoms with E-state index in [1.54, 1.807) is 84.9 Å². The summed E-state index contributed by atoms with van der Waals surface area (Å²) in [6, 6.07) is 45.7. The molecule has 7 nitrogen and oxygen atoms in total. The third-order valence-corrected chi connectivity index (χ3v) is 11.2. The Morgan fingerprint density at radius 3 is 1.25 bits per heavy atom. The van der Waals surface area contributed by atoms with Crippen LogP contribution < -0.4 is 8.37 Å². The predicted molar refractivity (Wildman–Crippen MR) is 205 cm³/mol. The molecule has 1 aliphatic carbocycles. The van der Waals surface area contributed by atoms with Crippen LogP contribution in [0.3, 0.4) is 0 Å². The highest BCUT2D eigenvalue weighted by molar-refractivity contribution is 7.87. The summed E-state index contributed by atoms with van der Waals surface area (Å²) in [6.45, 7) is 0. The molecule has 0 bridgehead atoms. The van der Waals surface area contributed by atoms with Crippen LogP contribution >= 0.6 is 0 Å². The number of ether oxygens (including phenoxy) is 1. The zero-order valence-corrected chi connectivity index (χ0v) is 29.6. The highest BCUT2D eigenvalue weighted by atomic mass is 32.2. The van der Waals surface area contributed by atoms with Crippen LogP contribution in [0.2, 0.25) is 0 Å². The zero-order chi connectivity index (χ0) is 36.4. The molecule has 0 amide bonds. The van der Waals surface area contributed by atoms with Crippen molar-refractivity contribution in [1.29, 1.82) is 0 Å². The van der Waals surface area contributed by atoms with Gasteiger partial charge >= 0.3 is 20.2 Å². The number of hydrogen-bond donors (Lipinski definition) is 0. The molecule has 0 N–H and O–H groups in total. The largest absolute Gasteiger partial charge is 0.456 e. The SMILES string of the molecule is O=S(=O)(Oc1ccccc1)c1ccc2c(c1)C(=CC=C1C=C(c3ccccc3)OC(c3ccccc3)=C1)c1cc(S(=O)(=O)Oc3ccccc3)ccc1-2. The van der Waals surface area contributed by atoms with Gasteiger partial charge < -0.3 is 13.1 Å². The molecule has 9 heteroatoms. The normalized spacial score (nSPS) is 13.5. The molecular formula is C44H30O7S2. The second kappa shape index (κ2) is 14.0. The van der Waals surface area contributed by atoms with E-state index < -0.39 is 20.2 Å². The van der Waals surface area contributed by atoms with Crippen molar-refractivity contribution in [3.63, 3.8) is 0 Å². The predicted octanol–water partition coefficient (Wildman–Crippen LogP) is 9.67. The van der Waals surface area contributed by atoms with Crippen molar-refractivity contribution in [2.24, 2.45) is 0 Å². The van der Waals surface area contributed by atoms with E-state index in [0.717, 1.165) is 27.8 Å². The molecule has 0 aromatic heterocycles. The molecule has 0 radical (unpaired) electrons. The Bertz CT molecular complexity index is 2500. The summed E-state index contributed by atoms with van der Waals surface area (Å²) in [5, 5.41) is 0. The van der Waals surface area contributed by atoms with Crippen molar-refractivity contribution < 1.29 is 29.9 Å². The Morgan fingerprint density at radius 2 is 0.830 bits per heavy atom. The fraction of sp³-hybridized carbons (Fsp3) is 0. The first-order chi connectivity index (χ1) is 25.7. The highest BCUT2D eigenvalue weighted by Gasteiger charge is 2.29. The number of para-hydroxylation sites is 2. The maximum atomic E-state index is 13.5. The van der Waals surface area contributed by atoms with Crippen molar-refractivity contribution in [2.45, 2.75) is 9.79 Å². The summed E-state index contributed by atoms with van der Waals surface area (Å²) in [6.07, 6.45) is 7.63. The van der Waals surface area contributed by atoms with Crippen molar-refractivity contribution in [3.8, 4) is 22.6 Å². The second-order valence-electron chi connectivity index (χ2n) is 12.2. The highest BCUT2D eigenvalue weighted by Crippen LogP contribution is 2.46. The summed E-state index contributed by atoms with van der Waals surface area (Å²) >= 11 is 0. The first kappa shape index (κ1) is 33.7. The Morgan fingerprint density at radius 1 is 0.434 bits per heavy atom. The first-order valence-electron chi connectivity index (χ1n) is 16.7. The molecule has 2 aliphatic rings. The lowest BCUT2D eigenvalue weighted by Gasteiger charge is -2.19. The first-order valence-corrected chi connectivity index (χ1v) is 19.5. The fourth-order valence-corrected chi connectivity index (χ4v) is 8.10. The molecule has 6 aromatic rings. The van der Waals surface area contributed by atoms with Gasteiger partial charge in [-0.2, -0.15) is 16.8 Å². The van der Waals surface area contributed by atoms with E-state index in [4.69, 9.17) is 13.1 Å². The van der Waals surface area contributed by atoms with E-state index in [2.05, 4.69) is 0 Å². The van der Waals surface area contributed by atoms with Crippen LogP contribution in [0.25, 0.3) is 28.2 Å². The second-order valence-corrected chi connectivity index (χ2v) is 15.3. The monoisotopic (exact) mass is 734 g/mol. The van der Waals surface area contributed by atoms with Gasteiger partial charge in [-0.1, -0.05) is 121 Å². The minimum Gasteiger partial charge on any atom is -0.456 e. The van der Waals surface area contributed by atoms with Gasteiger partial charge in [-0.15, -0.1) is 0 Å². The van der Waals surface area contributed by atoms with Crippen molar-refractivity contribution in [1.82, 2.24) is 0 Å². The van der Waals surface area contributed by atoms with Gasteiger partial charge in [-0.3, -0.25) is 0 Å². The number of rotatable bonds is 9. The van der Waals surface area contributed by atoms with Crippen LogP contribution in [0.4, 0.5) is 0 Å². The topological polar surface area (TPSA) is 96.0 Å². The van der Waals surface area contributed by atoms with Crippen LogP contribution in [0, 0.1) is 0 Å². The van der Waals surface area contributed by atoms with E-state index in [9.17, 15) is 16.8 Å². The molecule has 0 saturated heterocycles. The summed E-state index contributed by atoms with van der Waals surface area (Å²) in [7, 11) is -8.43. The van der Waals surface area contributed by atoms with Gasteiger partial charge in [0.2, 0.25) is 0 Å². The third-order valence-electron chi connectivity index (χ3n) is 8.70. The lowest BCUT2D eigenvalue weighted by atomic mass is 10.0. The van der Waals surface area contributed by atoms with E-state index >= 15 is 0 Å². The van der Waals surface area contributed by atoms with E-state index in [0.29, 0.717) is 28.2 Å². The molecule has 0 saturated carbocycles. The van der Waals surface area contributed by atoms with Gasteiger partial charge in [0.15, 0.2) is 0 Å². The summed E-state index contributed by atoms with van der Waals surface area (Å²) in [5.74, 6) is 1.68. The minimum absolute atomic E-state index is 0.0460. The Labute approximate surface area is 308 Å². The van der Waals surface area contributed by atoms with Crippen molar-refractivity contribution in [3.05, 3.63) is 210 Å². The number of benzene rings is 6. The van der Waals surface area contributed by atoms with E-state index in [1.807, 2.05) is 85.0 Å². The third kappa shape index (κ3) is 7.08. The molecular weight excluding hydrogens is 705 g/mol. The molecule has 0 fully saturated rings. The smallest absolute Gasteiger partial charge is 0.339 e. The number of allylic oxidation sites excluding steroid dienone is 5. The van der Waals surface area contributed by atoms with Crippen LogP contribution in [-0.2, 0) is 25.0 Å². The molecule has 1 heterocycles. The van der Waals surface area contributed by atoms with Crippen molar-refractivity contribution >= 4 is 37.3 Å². The lowest BCUT2D eigenvalue weighted by Crippen LogP contribution is -2.10. The average molecular weight is 735 g/mol. The minimum atomic E-state index is -4.22. The molecule has 1 aliphatic heterocycles. The standard InChI is InChI=1S/C44H30O7S2/c45-52(46,50-34-17-9-3-10-18-34)36-22-25-38-39-26-23-37(53(47,48)51-35-19-11-4-12-20-35)30-42(39)40(41(38)29-36)24-21-31-27-43(32-13-5-1-6-14-32)49-44(28-31)33-15-7-2-8-16-33/h1-30H. The number of hydrogen-bond acceptors (Lipinski definition) is 7. The Hall–Kier alpha value is -6.42. The van der Waals surface area contributed by atoms with Gasteiger partial charge in [0, 0.05) is 11.1 Å². The zero-order valence-electron chi connectivity index (χ0n) is 28.0. The maximum Gasteiger partial charge on any atom is 0.339 e. The molecule has 260 valence electrons. The molecule has 0 unspecified atom stereocenters. The van der Waals surface area contributed by atoms with Crippen LogP contribution in [0.5, 0.6) is 11.5 Å². The molecule has 0 spiro atoms. The quantitative estimate of drug-likeness (QED) is 0.136. The van der Waals surface area contributed by atoms with Gasteiger partial charge in [-0.25, -0.2) is 0 Å². The Kier molecular flexibility index (Phi) is 8.87. The van der Waals surface area contributed by atoms with Crippen molar-refractivity contribution in [2.75, 3.05) is 0 Å². The molecule has 0 atom stereocenters. The summed E-state index contributed by atoms with van der Waals surface area (Å²) < 4.78 is 71.3. The van der Waals surface area contributed by atoms with E-state index in [-0.39, 0.29) is 21.3 Å². The summed E-state index contributed by atoms with van der Waals surface area (Å²) in [5.41, 5.74) is 5.89. The summed E-state index contributed by atoms with van der Waals surface area (Å²) in [4.78, 5) is -0.0920. The molecule has 8 rings (SSSR count). The number of fused-ring (bicyclic) bond motifs is 3.